The summed E-state index contributed by atoms with van der Waals surface area (Å²) in [6.07, 6.45) is 0. The van der Waals surface area contributed by atoms with Crippen LogP contribution in [0.3, 0.4) is 0 Å². The first-order chi connectivity index (χ1) is 7.15. The van der Waals surface area contributed by atoms with Crippen molar-refractivity contribution in [2.75, 3.05) is 20.8 Å². The normalized spacial score (nSPS) is 9.47. The highest BCUT2D eigenvalue weighted by Crippen LogP contribution is 2.27. The average Bonchev–Trinajstić information content (AvgIpc) is 2.25. The van der Waals surface area contributed by atoms with Crippen molar-refractivity contribution >= 4 is 17.2 Å². The molecule has 0 bridgehead atoms. The van der Waals surface area contributed by atoms with Gasteiger partial charge in [-0.1, -0.05) is 12.2 Å². The molecule has 0 heterocycles. The molecule has 0 atom stereocenters. The van der Waals surface area contributed by atoms with E-state index in [0.717, 1.165) is 0 Å². The zero-order valence-corrected chi connectivity index (χ0v) is 9.47. The fourth-order valence-electron chi connectivity index (χ4n) is 1.02. The molecule has 4 nitrogen and oxygen atoms in total. The molecule has 1 aromatic rings. The summed E-state index contributed by atoms with van der Waals surface area (Å²) in [7, 11) is 3.15. The molecule has 1 rings (SSSR count). The van der Waals surface area contributed by atoms with E-state index in [1.807, 2.05) is 0 Å². The van der Waals surface area contributed by atoms with Crippen LogP contribution in [0.15, 0.2) is 18.2 Å². The highest BCUT2D eigenvalue weighted by atomic mass is 32.1. The lowest BCUT2D eigenvalue weighted by atomic mass is 10.3. The summed E-state index contributed by atoms with van der Waals surface area (Å²) < 4.78 is 15.5. The van der Waals surface area contributed by atoms with Gasteiger partial charge in [-0.2, -0.15) is 0 Å². The Morgan fingerprint density at radius 1 is 1.13 bits per heavy atom. The molecule has 0 amide bonds. The minimum atomic E-state index is 0.200. The van der Waals surface area contributed by atoms with Gasteiger partial charge >= 0.3 is 0 Å². The van der Waals surface area contributed by atoms with Crippen LogP contribution in [-0.4, -0.2) is 25.8 Å². The molecule has 2 N–H and O–H groups in total. The molecule has 1 aromatic carbocycles. The summed E-state index contributed by atoms with van der Waals surface area (Å²) >= 11 is 4.71. The number of hydrogen-bond donors (Lipinski definition) is 1. The van der Waals surface area contributed by atoms with Crippen LogP contribution in [0.2, 0.25) is 0 Å². The Balaban J connectivity index is 2.81. The summed E-state index contributed by atoms with van der Waals surface area (Å²) in [4.78, 5) is 0.303. The van der Waals surface area contributed by atoms with Gasteiger partial charge in [0.15, 0.2) is 0 Å². The van der Waals surface area contributed by atoms with Crippen LogP contribution >= 0.6 is 12.2 Å². The Kier molecular flexibility index (Phi) is 4.17. The molecule has 0 saturated carbocycles. The number of rotatable bonds is 5. The maximum atomic E-state index is 5.33. The summed E-state index contributed by atoms with van der Waals surface area (Å²) in [5.41, 5.74) is 5.33. The Morgan fingerprint density at radius 2 is 1.60 bits per heavy atom. The minimum absolute atomic E-state index is 0.200. The van der Waals surface area contributed by atoms with E-state index in [4.69, 9.17) is 32.2 Å². The zero-order valence-electron chi connectivity index (χ0n) is 8.65. The van der Waals surface area contributed by atoms with E-state index in [1.165, 1.54) is 0 Å². The number of thiocarbonyl (C=S) groups is 1. The lowest BCUT2D eigenvalue weighted by Gasteiger charge is -2.09. The van der Waals surface area contributed by atoms with Gasteiger partial charge in [0, 0.05) is 18.2 Å². The molecule has 0 unspecified atom stereocenters. The highest BCUT2D eigenvalue weighted by molar-refractivity contribution is 7.80. The number of methoxy groups -OCH3 is 2. The van der Waals surface area contributed by atoms with Gasteiger partial charge in [0.2, 0.25) is 0 Å². The topological polar surface area (TPSA) is 53.7 Å². The molecule has 0 aromatic heterocycles. The quantitative estimate of drug-likeness (QED) is 0.770. The molecule has 0 saturated heterocycles. The van der Waals surface area contributed by atoms with E-state index in [-0.39, 0.29) is 6.61 Å². The van der Waals surface area contributed by atoms with Crippen molar-refractivity contribution in [1.29, 1.82) is 0 Å². The predicted molar refractivity (Wildman–Crippen MR) is 61.8 cm³/mol. The fraction of sp³-hybridized carbons (Fsp3) is 0.300. The second kappa shape index (κ2) is 5.41. The molecule has 0 fully saturated rings. The van der Waals surface area contributed by atoms with Crippen molar-refractivity contribution in [3.63, 3.8) is 0 Å². The first-order valence-electron chi connectivity index (χ1n) is 4.30. The number of hydrogen-bond acceptors (Lipinski definition) is 4. The number of nitrogens with two attached hydrogens (primary N) is 1. The molecule has 0 aliphatic rings. The first kappa shape index (κ1) is 11.6. The van der Waals surface area contributed by atoms with Gasteiger partial charge in [0.25, 0.3) is 0 Å². The average molecular weight is 227 g/mol. The Hall–Kier alpha value is -1.49. The number of benzene rings is 1. The summed E-state index contributed by atoms with van der Waals surface area (Å²) in [6, 6.07) is 5.23. The summed E-state index contributed by atoms with van der Waals surface area (Å²) in [5, 5.41) is 0. The Labute approximate surface area is 93.9 Å². The van der Waals surface area contributed by atoms with Crippen molar-refractivity contribution in [2.45, 2.75) is 0 Å². The van der Waals surface area contributed by atoms with Crippen LogP contribution in [0, 0.1) is 0 Å². The van der Waals surface area contributed by atoms with Gasteiger partial charge in [-0.3, -0.25) is 0 Å². The standard InChI is InChI=1S/C10H13NO3S/c1-12-7-3-8(13-2)5-9(4-7)14-6-10(11)15/h3-5H,6H2,1-2H3,(H2,11,15). The van der Waals surface area contributed by atoms with Gasteiger partial charge < -0.3 is 19.9 Å². The van der Waals surface area contributed by atoms with E-state index in [9.17, 15) is 0 Å². The van der Waals surface area contributed by atoms with Crippen molar-refractivity contribution in [3.8, 4) is 17.2 Å². The third-order valence-electron chi connectivity index (χ3n) is 1.71. The number of ether oxygens (including phenoxy) is 3. The predicted octanol–water partition coefficient (Wildman–Crippen LogP) is 1.37. The van der Waals surface area contributed by atoms with Gasteiger partial charge in [-0.15, -0.1) is 0 Å². The molecular weight excluding hydrogens is 214 g/mol. The Morgan fingerprint density at radius 3 is 2.00 bits per heavy atom. The maximum Gasteiger partial charge on any atom is 0.138 e. The van der Waals surface area contributed by atoms with Crippen LogP contribution in [0.5, 0.6) is 17.2 Å². The summed E-state index contributed by atoms with van der Waals surface area (Å²) in [6.45, 7) is 0.200. The van der Waals surface area contributed by atoms with Gasteiger partial charge in [-0.25, -0.2) is 0 Å². The van der Waals surface area contributed by atoms with Crippen LogP contribution in [-0.2, 0) is 0 Å². The van der Waals surface area contributed by atoms with E-state index in [0.29, 0.717) is 22.2 Å². The molecule has 5 heteroatoms. The van der Waals surface area contributed by atoms with E-state index in [2.05, 4.69) is 0 Å². The summed E-state index contributed by atoms with van der Waals surface area (Å²) in [5.74, 6) is 1.93. The molecular formula is C10H13NO3S. The van der Waals surface area contributed by atoms with E-state index in [1.54, 1.807) is 32.4 Å². The second-order valence-corrected chi connectivity index (χ2v) is 3.33. The first-order valence-corrected chi connectivity index (χ1v) is 4.70. The fourth-order valence-corrected chi connectivity index (χ4v) is 1.08. The van der Waals surface area contributed by atoms with Crippen LogP contribution in [0.25, 0.3) is 0 Å². The van der Waals surface area contributed by atoms with Crippen molar-refractivity contribution < 1.29 is 14.2 Å². The maximum absolute atomic E-state index is 5.33. The van der Waals surface area contributed by atoms with E-state index < -0.39 is 0 Å². The molecule has 0 aliphatic carbocycles. The van der Waals surface area contributed by atoms with Gasteiger partial charge in [-0.05, 0) is 0 Å². The molecule has 0 spiro atoms. The third kappa shape index (κ3) is 3.63. The SMILES string of the molecule is COc1cc(OC)cc(OCC(N)=S)c1. The monoisotopic (exact) mass is 227 g/mol. The van der Waals surface area contributed by atoms with Crippen LogP contribution in [0.4, 0.5) is 0 Å². The molecule has 0 aliphatic heterocycles. The molecule has 82 valence electrons. The van der Waals surface area contributed by atoms with Crippen LogP contribution < -0.4 is 19.9 Å². The minimum Gasteiger partial charge on any atom is -0.496 e. The van der Waals surface area contributed by atoms with Gasteiger partial charge in [0.1, 0.15) is 28.8 Å². The van der Waals surface area contributed by atoms with Crippen molar-refractivity contribution in [2.24, 2.45) is 5.73 Å². The smallest absolute Gasteiger partial charge is 0.138 e. The van der Waals surface area contributed by atoms with E-state index >= 15 is 0 Å². The van der Waals surface area contributed by atoms with Crippen molar-refractivity contribution in [3.05, 3.63) is 18.2 Å². The zero-order chi connectivity index (χ0) is 11.3. The van der Waals surface area contributed by atoms with Crippen molar-refractivity contribution in [1.82, 2.24) is 0 Å². The largest absolute Gasteiger partial charge is 0.496 e. The molecule has 15 heavy (non-hydrogen) atoms. The second-order valence-electron chi connectivity index (χ2n) is 2.80. The van der Waals surface area contributed by atoms with Crippen LogP contribution in [0.1, 0.15) is 0 Å². The van der Waals surface area contributed by atoms with Gasteiger partial charge in [0.05, 0.1) is 14.2 Å². The lowest BCUT2D eigenvalue weighted by Crippen LogP contribution is -2.17. The Bertz CT molecular complexity index is 332. The molecule has 0 radical (unpaired) electrons. The third-order valence-corrected chi connectivity index (χ3v) is 1.82. The highest BCUT2D eigenvalue weighted by Gasteiger charge is 2.02. The lowest BCUT2D eigenvalue weighted by molar-refractivity contribution is 0.358.